The second-order valence-corrected chi connectivity index (χ2v) is 4.78. The minimum absolute atomic E-state index is 0.397. The number of hydrogen-bond acceptors (Lipinski definition) is 3. The summed E-state index contributed by atoms with van der Waals surface area (Å²) in [5.74, 6) is 0. The predicted octanol–water partition coefficient (Wildman–Crippen LogP) is 3.91. The molecule has 4 heteroatoms. The molecular weight excluding hydrogens is 234 g/mol. The van der Waals surface area contributed by atoms with E-state index in [1.54, 1.807) is 11.3 Å². The highest BCUT2D eigenvalue weighted by Crippen LogP contribution is 2.37. The first-order chi connectivity index (χ1) is 6.74. The average molecular weight is 240 g/mol. The van der Waals surface area contributed by atoms with Gasteiger partial charge in [0.25, 0.3) is 0 Å². The van der Waals surface area contributed by atoms with E-state index < -0.39 is 0 Å². The normalized spacial score (nSPS) is 10.4. The zero-order valence-electron chi connectivity index (χ0n) is 7.12. The lowest BCUT2D eigenvalue weighted by Crippen LogP contribution is -1.74. The number of nitrogens with zero attached hydrogens (tertiary/aromatic N) is 1. The van der Waals surface area contributed by atoms with Crippen LogP contribution in [-0.2, 0) is 6.42 Å². The highest BCUT2D eigenvalue weighted by Gasteiger charge is 2.10. The molecule has 2 aromatic rings. The van der Waals surface area contributed by atoms with Crippen molar-refractivity contribution in [3.05, 3.63) is 28.1 Å². The van der Waals surface area contributed by atoms with Crippen LogP contribution in [0.3, 0.4) is 0 Å². The first-order valence-electron chi connectivity index (χ1n) is 4.00. The summed E-state index contributed by atoms with van der Waals surface area (Å²) >= 11 is 12.0. The van der Waals surface area contributed by atoms with E-state index in [1.807, 2.05) is 18.2 Å². The molecule has 1 aromatic carbocycles. The van der Waals surface area contributed by atoms with Crippen LogP contribution in [-0.4, -0.2) is 0 Å². The number of halogens is 1. The van der Waals surface area contributed by atoms with Gasteiger partial charge in [-0.2, -0.15) is 5.26 Å². The first-order valence-corrected chi connectivity index (χ1v) is 5.64. The second-order valence-electron chi connectivity index (χ2n) is 2.83. The van der Waals surface area contributed by atoms with E-state index in [0.717, 1.165) is 24.9 Å². The number of thiol groups is 1. The van der Waals surface area contributed by atoms with E-state index in [9.17, 15) is 0 Å². The van der Waals surface area contributed by atoms with Crippen LogP contribution >= 0.6 is 35.6 Å². The number of rotatable bonds is 1. The van der Waals surface area contributed by atoms with Crippen molar-refractivity contribution in [3.8, 4) is 6.07 Å². The van der Waals surface area contributed by atoms with Gasteiger partial charge in [-0.05, 0) is 6.07 Å². The Balaban J connectivity index is 2.74. The van der Waals surface area contributed by atoms with E-state index in [0.29, 0.717) is 6.42 Å². The van der Waals surface area contributed by atoms with Crippen molar-refractivity contribution in [2.24, 2.45) is 0 Å². The fourth-order valence-electron chi connectivity index (χ4n) is 1.31. The maximum absolute atomic E-state index is 8.63. The summed E-state index contributed by atoms with van der Waals surface area (Å²) in [6.07, 6.45) is 0.397. The molecule has 0 spiro atoms. The van der Waals surface area contributed by atoms with Gasteiger partial charge in [-0.25, -0.2) is 0 Å². The molecule has 0 fully saturated rings. The molecule has 1 aromatic heterocycles. The van der Waals surface area contributed by atoms with Gasteiger partial charge >= 0.3 is 0 Å². The number of fused-ring (bicyclic) bond motifs is 1. The van der Waals surface area contributed by atoms with E-state index in [2.05, 4.69) is 18.7 Å². The average Bonchev–Trinajstić information content (AvgIpc) is 2.48. The fraction of sp³-hybridized carbons (Fsp3) is 0.100. The van der Waals surface area contributed by atoms with Crippen LogP contribution in [0.2, 0.25) is 5.02 Å². The Labute approximate surface area is 96.3 Å². The maximum atomic E-state index is 8.63. The molecule has 1 nitrogen and oxygen atoms in total. The molecule has 0 amide bonds. The van der Waals surface area contributed by atoms with Crippen LogP contribution in [0.5, 0.6) is 0 Å². The molecule has 0 radical (unpaired) electrons. The van der Waals surface area contributed by atoms with Crippen molar-refractivity contribution in [1.29, 1.82) is 5.26 Å². The van der Waals surface area contributed by atoms with Gasteiger partial charge in [0.05, 0.1) is 22.2 Å². The third-order valence-corrected chi connectivity index (χ3v) is 4.28. The largest absolute Gasteiger partial charge is 0.198 e. The van der Waals surface area contributed by atoms with Crippen LogP contribution in [0.15, 0.2) is 23.1 Å². The zero-order chi connectivity index (χ0) is 10.1. The lowest BCUT2D eigenvalue weighted by molar-refractivity contribution is 1.27. The summed E-state index contributed by atoms with van der Waals surface area (Å²) < 4.78 is 1.02. The highest BCUT2D eigenvalue weighted by molar-refractivity contribution is 7.80. The molecule has 70 valence electrons. The highest BCUT2D eigenvalue weighted by atomic mass is 35.5. The number of thiophene rings is 1. The Bertz CT molecular complexity index is 525. The van der Waals surface area contributed by atoms with E-state index >= 15 is 0 Å². The summed E-state index contributed by atoms with van der Waals surface area (Å²) in [4.78, 5) is 1.87. The zero-order valence-corrected chi connectivity index (χ0v) is 9.59. The molecule has 0 saturated carbocycles. The van der Waals surface area contributed by atoms with Gasteiger partial charge in [0.1, 0.15) is 0 Å². The van der Waals surface area contributed by atoms with E-state index in [4.69, 9.17) is 16.9 Å². The smallest absolute Gasteiger partial charge is 0.0707 e. The van der Waals surface area contributed by atoms with Gasteiger partial charge in [0.2, 0.25) is 0 Å². The number of nitriles is 1. The van der Waals surface area contributed by atoms with Crippen molar-refractivity contribution in [2.75, 3.05) is 0 Å². The van der Waals surface area contributed by atoms with Gasteiger partial charge in [-0.1, -0.05) is 23.7 Å². The standard InChI is InChI=1S/C10H6ClNS2/c11-7-3-1-2-6-9(13)8(4-5-12)14-10(6)7/h1-3,13H,4H2. The quantitative estimate of drug-likeness (QED) is 0.750. The third kappa shape index (κ3) is 1.50. The van der Waals surface area contributed by atoms with Crippen LogP contribution < -0.4 is 0 Å². The van der Waals surface area contributed by atoms with Gasteiger partial charge in [-0.3, -0.25) is 0 Å². The minimum atomic E-state index is 0.397. The summed E-state index contributed by atoms with van der Waals surface area (Å²) in [6.45, 7) is 0. The van der Waals surface area contributed by atoms with Crippen LogP contribution in [0, 0.1) is 11.3 Å². The minimum Gasteiger partial charge on any atom is -0.198 e. The topological polar surface area (TPSA) is 23.8 Å². The van der Waals surface area contributed by atoms with Gasteiger partial charge in [0.15, 0.2) is 0 Å². The van der Waals surface area contributed by atoms with Crippen LogP contribution in [0.4, 0.5) is 0 Å². The Morgan fingerprint density at radius 2 is 2.29 bits per heavy atom. The lowest BCUT2D eigenvalue weighted by atomic mass is 10.2. The molecule has 1 heterocycles. The van der Waals surface area contributed by atoms with Crippen molar-refractivity contribution >= 4 is 45.7 Å². The lowest BCUT2D eigenvalue weighted by Gasteiger charge is -1.92. The van der Waals surface area contributed by atoms with Crippen LogP contribution in [0.1, 0.15) is 4.88 Å². The molecule has 0 aliphatic heterocycles. The van der Waals surface area contributed by atoms with Gasteiger partial charge in [-0.15, -0.1) is 24.0 Å². The monoisotopic (exact) mass is 239 g/mol. The molecule has 0 aliphatic rings. The maximum Gasteiger partial charge on any atom is 0.0707 e. The molecule has 14 heavy (non-hydrogen) atoms. The van der Waals surface area contributed by atoms with Gasteiger partial charge < -0.3 is 0 Å². The molecule has 0 saturated heterocycles. The number of benzene rings is 1. The first kappa shape index (κ1) is 9.85. The molecule has 0 atom stereocenters. The predicted molar refractivity (Wildman–Crippen MR) is 63.4 cm³/mol. The molecule has 0 bridgehead atoms. The van der Waals surface area contributed by atoms with Crippen LogP contribution in [0.25, 0.3) is 10.1 Å². The summed E-state index contributed by atoms with van der Waals surface area (Å²) in [6, 6.07) is 7.84. The third-order valence-electron chi connectivity index (χ3n) is 1.95. The van der Waals surface area contributed by atoms with E-state index in [-0.39, 0.29) is 0 Å². The SMILES string of the molecule is N#CCc1sc2c(Cl)cccc2c1S. The molecule has 0 aliphatic carbocycles. The number of hydrogen-bond donors (Lipinski definition) is 1. The Morgan fingerprint density at radius 3 is 2.93 bits per heavy atom. The second kappa shape index (κ2) is 3.82. The Kier molecular flexibility index (Phi) is 2.69. The Morgan fingerprint density at radius 1 is 1.50 bits per heavy atom. The molecule has 0 unspecified atom stereocenters. The molecular formula is C10H6ClNS2. The van der Waals surface area contributed by atoms with E-state index in [1.165, 1.54) is 0 Å². The summed E-state index contributed by atoms with van der Waals surface area (Å²) in [7, 11) is 0. The van der Waals surface area contributed by atoms with Crippen molar-refractivity contribution in [3.63, 3.8) is 0 Å². The fourth-order valence-corrected chi connectivity index (χ4v) is 3.12. The summed E-state index contributed by atoms with van der Waals surface area (Å²) in [5, 5.41) is 10.4. The molecule has 2 rings (SSSR count). The van der Waals surface area contributed by atoms with Crippen molar-refractivity contribution in [1.82, 2.24) is 0 Å². The Hall–Kier alpha value is -0.690. The van der Waals surface area contributed by atoms with Crippen molar-refractivity contribution in [2.45, 2.75) is 11.3 Å². The summed E-state index contributed by atoms with van der Waals surface area (Å²) in [5.41, 5.74) is 0. The molecule has 0 N–H and O–H groups in total. The van der Waals surface area contributed by atoms with Crippen molar-refractivity contribution < 1.29 is 0 Å². The van der Waals surface area contributed by atoms with Gasteiger partial charge in [0, 0.05) is 15.2 Å².